The van der Waals surface area contributed by atoms with Gasteiger partial charge in [0.2, 0.25) is 11.7 Å². The maximum atomic E-state index is 13.8. The lowest BCUT2D eigenvalue weighted by Crippen LogP contribution is -2.57. The number of amides is 1. The van der Waals surface area contributed by atoms with Crippen LogP contribution < -0.4 is 20.4 Å². The van der Waals surface area contributed by atoms with E-state index in [9.17, 15) is 31.1 Å². The summed E-state index contributed by atoms with van der Waals surface area (Å²) < 4.78 is 79.6. The number of halogens is 6. The molecule has 2 N–H and O–H groups in total. The van der Waals surface area contributed by atoms with Gasteiger partial charge in [-0.05, 0) is 81.1 Å². The molecular formula is C28H34F6N6O. The quantitative estimate of drug-likeness (QED) is 0.461. The standard InChI is InChI=1S/C28H34F6N6O/c29-27(30,31)21-3-1-18(2-4-21)5-13-36-25(41)22-10-16-40(22)24-17-23(37-26(38-24)28(32,33)34)39-14-8-20(9-15-39)19-6-11-35-12-7-19/h1-4,17,19-20,22,35H,5-16H2,(H,36,41)/t22-/m0/s1. The summed E-state index contributed by atoms with van der Waals surface area (Å²) in [7, 11) is 0. The fraction of sp³-hybridized carbons (Fsp3) is 0.607. The van der Waals surface area contributed by atoms with Gasteiger partial charge in [0.05, 0.1) is 5.56 Å². The van der Waals surface area contributed by atoms with Crippen molar-refractivity contribution in [3.63, 3.8) is 0 Å². The molecule has 7 nitrogen and oxygen atoms in total. The molecule has 1 atom stereocenters. The average molecular weight is 585 g/mol. The highest BCUT2D eigenvalue weighted by Crippen LogP contribution is 2.36. The summed E-state index contributed by atoms with van der Waals surface area (Å²) in [4.78, 5) is 23.9. The van der Waals surface area contributed by atoms with Crippen LogP contribution in [0.3, 0.4) is 0 Å². The van der Waals surface area contributed by atoms with Gasteiger partial charge in [-0.2, -0.15) is 26.3 Å². The number of carbonyl (C=O) groups is 1. The molecule has 224 valence electrons. The monoisotopic (exact) mass is 584 g/mol. The molecule has 41 heavy (non-hydrogen) atoms. The summed E-state index contributed by atoms with van der Waals surface area (Å²) in [5.74, 6) is -0.0950. The second-order valence-corrected chi connectivity index (χ2v) is 11.1. The zero-order chi connectivity index (χ0) is 29.2. The van der Waals surface area contributed by atoms with E-state index < -0.39 is 29.8 Å². The summed E-state index contributed by atoms with van der Waals surface area (Å²) in [5.41, 5.74) is -0.119. The molecule has 13 heteroatoms. The predicted octanol–water partition coefficient (Wildman–Crippen LogP) is 4.67. The zero-order valence-corrected chi connectivity index (χ0v) is 22.6. The highest BCUT2D eigenvalue weighted by atomic mass is 19.4. The first-order chi connectivity index (χ1) is 19.5. The predicted molar refractivity (Wildman–Crippen MR) is 141 cm³/mol. The molecule has 1 aromatic carbocycles. The molecule has 0 saturated carbocycles. The molecule has 3 saturated heterocycles. The molecule has 2 aromatic rings. The Bertz CT molecular complexity index is 1190. The van der Waals surface area contributed by atoms with Gasteiger partial charge >= 0.3 is 12.4 Å². The maximum absolute atomic E-state index is 13.8. The van der Waals surface area contributed by atoms with Gasteiger partial charge in [-0.1, -0.05) is 12.1 Å². The molecule has 0 spiro atoms. The lowest BCUT2D eigenvalue weighted by Gasteiger charge is -2.41. The molecule has 5 rings (SSSR count). The minimum Gasteiger partial charge on any atom is -0.356 e. The lowest BCUT2D eigenvalue weighted by molar-refractivity contribution is -0.144. The van der Waals surface area contributed by atoms with E-state index >= 15 is 0 Å². The van der Waals surface area contributed by atoms with E-state index in [-0.39, 0.29) is 24.1 Å². The van der Waals surface area contributed by atoms with Gasteiger partial charge in [0, 0.05) is 32.2 Å². The first-order valence-corrected chi connectivity index (χ1v) is 14.1. The Hall–Kier alpha value is -3.09. The molecule has 1 aromatic heterocycles. The molecule has 4 heterocycles. The van der Waals surface area contributed by atoms with Crippen LogP contribution in [-0.2, 0) is 23.6 Å². The maximum Gasteiger partial charge on any atom is 0.451 e. The molecular weight excluding hydrogens is 550 g/mol. The number of nitrogens with zero attached hydrogens (tertiary/aromatic N) is 4. The van der Waals surface area contributed by atoms with Crippen LogP contribution in [0, 0.1) is 11.8 Å². The molecule has 0 radical (unpaired) electrons. The van der Waals surface area contributed by atoms with Gasteiger partial charge in [-0.25, -0.2) is 9.97 Å². The number of hydrogen-bond acceptors (Lipinski definition) is 6. The van der Waals surface area contributed by atoms with Gasteiger partial charge < -0.3 is 20.4 Å². The summed E-state index contributed by atoms with van der Waals surface area (Å²) >= 11 is 0. The molecule has 0 unspecified atom stereocenters. The van der Waals surface area contributed by atoms with Crippen LogP contribution in [0.1, 0.15) is 49.1 Å². The number of piperidine rings is 2. The Labute approximate surface area is 234 Å². The summed E-state index contributed by atoms with van der Waals surface area (Å²) in [5, 5.41) is 6.12. The summed E-state index contributed by atoms with van der Waals surface area (Å²) in [6, 6.07) is 5.57. The molecule has 0 aliphatic carbocycles. The Kier molecular flexibility index (Phi) is 8.62. The average Bonchev–Trinajstić information content (AvgIpc) is 2.92. The zero-order valence-electron chi connectivity index (χ0n) is 22.6. The van der Waals surface area contributed by atoms with Crippen LogP contribution in [-0.4, -0.2) is 61.2 Å². The van der Waals surface area contributed by atoms with Crippen molar-refractivity contribution in [3.8, 4) is 0 Å². The van der Waals surface area contributed by atoms with Crippen molar-refractivity contribution >= 4 is 17.5 Å². The van der Waals surface area contributed by atoms with Crippen LogP contribution in [0.25, 0.3) is 0 Å². The second kappa shape index (κ2) is 12.0. The van der Waals surface area contributed by atoms with Crippen LogP contribution in [0.5, 0.6) is 0 Å². The minimum atomic E-state index is -4.73. The van der Waals surface area contributed by atoms with E-state index in [1.54, 1.807) is 11.0 Å². The third kappa shape index (κ3) is 7.04. The molecule has 0 bridgehead atoms. The van der Waals surface area contributed by atoms with E-state index in [0.29, 0.717) is 49.9 Å². The van der Waals surface area contributed by atoms with Crippen molar-refractivity contribution < 1.29 is 31.1 Å². The largest absolute Gasteiger partial charge is 0.451 e. The number of alkyl halides is 6. The van der Waals surface area contributed by atoms with Crippen LogP contribution in [0.15, 0.2) is 30.3 Å². The molecule has 3 aliphatic rings. The van der Waals surface area contributed by atoms with Crippen LogP contribution in [0.2, 0.25) is 0 Å². The first kappa shape index (κ1) is 29.4. The van der Waals surface area contributed by atoms with Gasteiger partial charge in [0.25, 0.3) is 0 Å². The van der Waals surface area contributed by atoms with E-state index in [1.165, 1.54) is 12.1 Å². The summed E-state index contributed by atoms with van der Waals surface area (Å²) in [6.07, 6.45) is -4.32. The van der Waals surface area contributed by atoms with E-state index in [2.05, 4.69) is 20.6 Å². The highest BCUT2D eigenvalue weighted by Gasteiger charge is 2.40. The van der Waals surface area contributed by atoms with Gasteiger partial charge in [0.15, 0.2) is 0 Å². The number of anilines is 2. The molecule has 3 fully saturated rings. The van der Waals surface area contributed by atoms with Crippen molar-refractivity contribution in [2.24, 2.45) is 11.8 Å². The Morgan fingerprint density at radius 1 is 0.854 bits per heavy atom. The van der Waals surface area contributed by atoms with Crippen molar-refractivity contribution in [1.29, 1.82) is 0 Å². The normalized spacial score (nSPS) is 21.1. The lowest BCUT2D eigenvalue weighted by atomic mass is 9.79. The molecule has 1 amide bonds. The second-order valence-electron chi connectivity index (χ2n) is 11.1. The number of hydrogen-bond donors (Lipinski definition) is 2. The van der Waals surface area contributed by atoms with Crippen LogP contribution in [0.4, 0.5) is 38.0 Å². The Morgan fingerprint density at radius 3 is 2.07 bits per heavy atom. The van der Waals surface area contributed by atoms with Gasteiger partial charge in [-0.15, -0.1) is 0 Å². The molecule has 3 aliphatic heterocycles. The third-order valence-electron chi connectivity index (χ3n) is 8.48. The van der Waals surface area contributed by atoms with E-state index in [1.807, 2.05) is 4.90 Å². The SMILES string of the molecule is O=C(NCCc1ccc(C(F)(F)F)cc1)[C@@H]1CCN1c1cc(N2CCC(C3CCNCC3)CC2)nc(C(F)(F)F)n1. The number of aromatic nitrogens is 2. The van der Waals surface area contributed by atoms with Crippen molar-refractivity contribution in [2.45, 2.75) is 56.9 Å². The smallest absolute Gasteiger partial charge is 0.356 e. The first-order valence-electron chi connectivity index (χ1n) is 14.1. The summed E-state index contributed by atoms with van der Waals surface area (Å²) in [6.45, 7) is 3.82. The van der Waals surface area contributed by atoms with E-state index in [0.717, 1.165) is 50.9 Å². The van der Waals surface area contributed by atoms with Gasteiger partial charge in [-0.3, -0.25) is 4.79 Å². The number of nitrogens with one attached hydrogen (secondary N) is 2. The number of benzene rings is 1. The Morgan fingerprint density at radius 2 is 1.49 bits per heavy atom. The van der Waals surface area contributed by atoms with Crippen molar-refractivity contribution in [3.05, 3.63) is 47.3 Å². The fourth-order valence-corrected chi connectivity index (χ4v) is 6.02. The Balaban J connectivity index is 1.21. The van der Waals surface area contributed by atoms with E-state index in [4.69, 9.17) is 0 Å². The number of carbonyl (C=O) groups excluding carboxylic acids is 1. The topological polar surface area (TPSA) is 73.4 Å². The minimum absolute atomic E-state index is 0.0666. The third-order valence-corrected chi connectivity index (χ3v) is 8.48. The van der Waals surface area contributed by atoms with Gasteiger partial charge in [0.1, 0.15) is 17.7 Å². The number of rotatable bonds is 7. The van der Waals surface area contributed by atoms with Crippen molar-refractivity contribution in [2.75, 3.05) is 49.1 Å². The van der Waals surface area contributed by atoms with Crippen LogP contribution >= 0.6 is 0 Å². The highest BCUT2D eigenvalue weighted by molar-refractivity contribution is 5.86. The fourth-order valence-electron chi connectivity index (χ4n) is 6.02. The van der Waals surface area contributed by atoms with Crippen molar-refractivity contribution in [1.82, 2.24) is 20.6 Å².